The molecule has 1 aromatic heterocycles. The molecule has 138 valence electrons. The molecule has 0 spiro atoms. The van der Waals surface area contributed by atoms with Gasteiger partial charge in [-0.05, 0) is 31.6 Å². The van der Waals surface area contributed by atoms with Crippen molar-refractivity contribution in [3.05, 3.63) is 11.6 Å². The molecular formula is C18H29N5O2. The van der Waals surface area contributed by atoms with E-state index in [4.69, 9.17) is 0 Å². The molecule has 1 aliphatic carbocycles. The van der Waals surface area contributed by atoms with Gasteiger partial charge in [0.25, 0.3) is 0 Å². The minimum Gasteiger partial charge on any atom is -0.342 e. The van der Waals surface area contributed by atoms with Gasteiger partial charge in [0, 0.05) is 25.9 Å². The lowest BCUT2D eigenvalue weighted by Crippen LogP contribution is -2.61. The zero-order valence-corrected chi connectivity index (χ0v) is 15.7. The molecule has 2 amide bonds. The molecular weight excluding hydrogens is 318 g/mol. The summed E-state index contributed by atoms with van der Waals surface area (Å²) < 4.78 is 2.13. The molecule has 0 aromatic carbocycles. The predicted octanol–water partition coefficient (Wildman–Crippen LogP) is 1.83. The van der Waals surface area contributed by atoms with Crippen molar-refractivity contribution in [3.8, 4) is 0 Å². The Hall–Kier alpha value is -1.92. The molecule has 7 heteroatoms. The van der Waals surface area contributed by atoms with Crippen molar-refractivity contribution < 1.29 is 9.59 Å². The maximum Gasteiger partial charge on any atom is 0.248 e. The number of fused-ring (bicyclic) bond motifs is 1. The summed E-state index contributed by atoms with van der Waals surface area (Å²) >= 11 is 0. The lowest BCUT2D eigenvalue weighted by molar-refractivity contribution is -0.145. The lowest BCUT2D eigenvalue weighted by Gasteiger charge is -2.42. The SMILES string of the molecule is CC(=O)NC1(C(=O)N2CCn3c(nnc3C(C)C)C2)CCC(C)CC1. The highest BCUT2D eigenvalue weighted by molar-refractivity contribution is 5.91. The Morgan fingerprint density at radius 2 is 1.88 bits per heavy atom. The van der Waals surface area contributed by atoms with Gasteiger partial charge in [0.1, 0.15) is 11.4 Å². The molecule has 25 heavy (non-hydrogen) atoms. The largest absolute Gasteiger partial charge is 0.342 e. The number of nitrogens with one attached hydrogen (secondary N) is 1. The fourth-order valence-electron chi connectivity index (χ4n) is 4.07. The first kappa shape index (κ1) is 17.9. The van der Waals surface area contributed by atoms with Crippen LogP contribution in [0.25, 0.3) is 0 Å². The van der Waals surface area contributed by atoms with Gasteiger partial charge in [0.15, 0.2) is 5.82 Å². The van der Waals surface area contributed by atoms with Gasteiger partial charge in [-0.25, -0.2) is 0 Å². The number of carbonyl (C=O) groups excluding carboxylic acids is 2. The summed E-state index contributed by atoms with van der Waals surface area (Å²) in [5, 5.41) is 11.6. The predicted molar refractivity (Wildman–Crippen MR) is 93.7 cm³/mol. The molecule has 1 N–H and O–H groups in total. The highest BCUT2D eigenvalue weighted by atomic mass is 16.2. The van der Waals surface area contributed by atoms with Crippen LogP contribution in [0.15, 0.2) is 0 Å². The monoisotopic (exact) mass is 347 g/mol. The standard InChI is InChI=1S/C18H29N5O2/c1-12(2)16-21-20-15-11-22(9-10-23(15)16)17(25)18(19-14(4)24)7-5-13(3)6-8-18/h12-13H,5-11H2,1-4H3,(H,19,24). The van der Waals surface area contributed by atoms with Crippen molar-refractivity contribution in [1.82, 2.24) is 25.0 Å². The van der Waals surface area contributed by atoms with E-state index >= 15 is 0 Å². The summed E-state index contributed by atoms with van der Waals surface area (Å²) in [6.45, 7) is 9.73. The molecule has 0 unspecified atom stereocenters. The van der Waals surface area contributed by atoms with Crippen molar-refractivity contribution in [2.45, 2.75) is 77.9 Å². The highest BCUT2D eigenvalue weighted by Crippen LogP contribution is 2.34. The first-order valence-corrected chi connectivity index (χ1v) is 9.32. The van der Waals surface area contributed by atoms with Crippen molar-refractivity contribution in [2.24, 2.45) is 5.92 Å². The van der Waals surface area contributed by atoms with E-state index in [1.807, 2.05) is 4.90 Å². The first-order valence-electron chi connectivity index (χ1n) is 9.32. The summed E-state index contributed by atoms with van der Waals surface area (Å²) in [7, 11) is 0. The van der Waals surface area contributed by atoms with Gasteiger partial charge in [0.05, 0.1) is 6.54 Å². The topological polar surface area (TPSA) is 80.1 Å². The number of aromatic nitrogens is 3. The van der Waals surface area contributed by atoms with Crippen molar-refractivity contribution in [2.75, 3.05) is 6.54 Å². The van der Waals surface area contributed by atoms with Gasteiger partial charge in [0.2, 0.25) is 11.8 Å². The molecule has 1 aromatic rings. The van der Waals surface area contributed by atoms with Crippen LogP contribution in [0.5, 0.6) is 0 Å². The van der Waals surface area contributed by atoms with Crippen LogP contribution in [0.4, 0.5) is 0 Å². The van der Waals surface area contributed by atoms with Gasteiger partial charge < -0.3 is 14.8 Å². The Morgan fingerprint density at radius 1 is 1.20 bits per heavy atom. The van der Waals surface area contributed by atoms with E-state index in [1.165, 1.54) is 6.92 Å². The number of carbonyl (C=O) groups is 2. The first-order chi connectivity index (χ1) is 11.8. The molecule has 1 aliphatic heterocycles. The number of amides is 2. The molecule has 3 rings (SSSR count). The van der Waals surface area contributed by atoms with E-state index in [1.54, 1.807) is 0 Å². The Kier molecular flexibility index (Phi) is 4.84. The van der Waals surface area contributed by atoms with Gasteiger partial charge in [-0.15, -0.1) is 10.2 Å². The van der Waals surface area contributed by atoms with Gasteiger partial charge in [-0.1, -0.05) is 20.8 Å². The van der Waals surface area contributed by atoms with Crippen LogP contribution in [-0.2, 0) is 22.7 Å². The van der Waals surface area contributed by atoms with Crippen molar-refractivity contribution in [1.29, 1.82) is 0 Å². The third kappa shape index (κ3) is 3.41. The van der Waals surface area contributed by atoms with Gasteiger partial charge >= 0.3 is 0 Å². The van der Waals surface area contributed by atoms with E-state index in [0.29, 0.717) is 44.3 Å². The van der Waals surface area contributed by atoms with Crippen molar-refractivity contribution in [3.63, 3.8) is 0 Å². The second-order valence-corrected chi connectivity index (χ2v) is 7.95. The van der Waals surface area contributed by atoms with Crippen molar-refractivity contribution >= 4 is 11.8 Å². The third-order valence-electron chi connectivity index (χ3n) is 5.54. The number of nitrogens with zero attached hydrogens (tertiary/aromatic N) is 4. The van der Waals surface area contributed by atoms with Crippen LogP contribution in [-0.4, -0.2) is 43.6 Å². The summed E-state index contributed by atoms with van der Waals surface area (Å²) in [6, 6.07) is 0. The molecule has 1 saturated carbocycles. The van der Waals surface area contributed by atoms with E-state index in [2.05, 4.69) is 40.9 Å². The lowest BCUT2D eigenvalue weighted by atomic mass is 9.76. The van der Waals surface area contributed by atoms with Crippen LogP contribution in [0, 0.1) is 5.92 Å². The van der Waals surface area contributed by atoms with Gasteiger partial charge in [-0.2, -0.15) is 0 Å². The summed E-state index contributed by atoms with van der Waals surface area (Å²) in [5.74, 6) is 2.64. The second-order valence-electron chi connectivity index (χ2n) is 7.95. The molecule has 0 saturated heterocycles. The summed E-state index contributed by atoms with van der Waals surface area (Å²) in [4.78, 5) is 26.9. The smallest absolute Gasteiger partial charge is 0.248 e. The molecule has 2 heterocycles. The van der Waals surface area contributed by atoms with E-state index in [-0.39, 0.29) is 11.8 Å². The molecule has 2 aliphatic rings. The highest BCUT2D eigenvalue weighted by Gasteiger charge is 2.44. The average Bonchev–Trinajstić information content (AvgIpc) is 2.99. The Bertz CT molecular complexity index is 658. The average molecular weight is 347 g/mol. The van der Waals surface area contributed by atoms with Crippen LogP contribution in [0.2, 0.25) is 0 Å². The molecule has 7 nitrogen and oxygen atoms in total. The molecule has 0 radical (unpaired) electrons. The summed E-state index contributed by atoms with van der Waals surface area (Å²) in [5.41, 5.74) is -0.749. The van der Waals surface area contributed by atoms with Crippen LogP contribution >= 0.6 is 0 Å². The van der Waals surface area contributed by atoms with E-state index < -0.39 is 5.54 Å². The molecule has 1 fully saturated rings. The number of hydrogen-bond donors (Lipinski definition) is 1. The normalized spacial score (nSPS) is 26.4. The van der Waals surface area contributed by atoms with Crippen LogP contribution < -0.4 is 5.32 Å². The Labute approximate surface area is 149 Å². The minimum atomic E-state index is -0.749. The zero-order chi connectivity index (χ0) is 18.2. The molecule has 0 atom stereocenters. The minimum absolute atomic E-state index is 0.0370. The maximum absolute atomic E-state index is 13.3. The maximum atomic E-state index is 13.3. The quantitative estimate of drug-likeness (QED) is 0.904. The molecule has 0 bridgehead atoms. The fraction of sp³-hybridized carbons (Fsp3) is 0.778. The summed E-state index contributed by atoms with van der Waals surface area (Å²) in [6.07, 6.45) is 3.36. The van der Waals surface area contributed by atoms with Crippen LogP contribution in [0.3, 0.4) is 0 Å². The van der Waals surface area contributed by atoms with Crippen LogP contribution in [0.1, 0.15) is 70.9 Å². The second kappa shape index (κ2) is 6.77. The zero-order valence-electron chi connectivity index (χ0n) is 15.7. The van der Waals surface area contributed by atoms with Gasteiger partial charge in [-0.3, -0.25) is 9.59 Å². The number of rotatable bonds is 3. The van der Waals surface area contributed by atoms with E-state index in [0.717, 1.165) is 24.5 Å². The Balaban J connectivity index is 1.80. The van der Waals surface area contributed by atoms with E-state index in [9.17, 15) is 9.59 Å². The third-order valence-corrected chi connectivity index (χ3v) is 5.54. The Morgan fingerprint density at radius 3 is 2.48 bits per heavy atom. The number of hydrogen-bond acceptors (Lipinski definition) is 4. The fourth-order valence-corrected chi connectivity index (χ4v) is 4.07.